The van der Waals surface area contributed by atoms with Crippen LogP contribution in [-0.2, 0) is 24.3 Å². The number of nitriles is 1. The third-order valence-electron chi connectivity index (χ3n) is 9.00. The smallest absolute Gasteiger partial charge is 0.335 e. The Morgan fingerprint density at radius 1 is 1.21 bits per heavy atom. The fourth-order valence-electron chi connectivity index (χ4n) is 6.38. The van der Waals surface area contributed by atoms with Crippen LogP contribution in [0.1, 0.15) is 46.7 Å². The lowest BCUT2D eigenvalue weighted by Gasteiger charge is -2.33. The molecule has 7 rings (SSSR count). The lowest BCUT2D eigenvalue weighted by Crippen LogP contribution is -2.37. The van der Waals surface area contributed by atoms with Gasteiger partial charge in [0.1, 0.15) is 18.2 Å². The van der Waals surface area contributed by atoms with Gasteiger partial charge < -0.3 is 24.0 Å². The van der Waals surface area contributed by atoms with E-state index in [1.54, 1.807) is 12.1 Å². The Kier molecular flexibility index (Phi) is 6.54. The standard InChI is InChI=1S/C32H30FN5O4/c33-25-12-20(16-34)4-7-28(25)42-19-23-2-1-3-29(35-23)37-10-9-32(14-22(32)17-37)15-30-36-26-6-5-21(31(39)40)13-27(26)38(30)18-24-8-11-41-24/h1-7,12-13,22,24H,8-11,14-15,17-19H2,(H,39,40)/t22-,24-,32-/m0/s1. The summed E-state index contributed by atoms with van der Waals surface area (Å²) in [5.41, 5.74) is 3.08. The molecule has 2 aromatic heterocycles. The molecule has 10 heteroatoms. The number of halogens is 1. The van der Waals surface area contributed by atoms with E-state index in [1.807, 2.05) is 30.3 Å². The molecule has 4 aromatic rings. The Bertz CT molecular complexity index is 1730. The van der Waals surface area contributed by atoms with Crippen LogP contribution < -0.4 is 9.64 Å². The van der Waals surface area contributed by atoms with E-state index >= 15 is 0 Å². The van der Waals surface area contributed by atoms with Crippen LogP contribution in [0.2, 0.25) is 0 Å². The van der Waals surface area contributed by atoms with Crippen molar-refractivity contribution in [3.63, 3.8) is 0 Å². The number of carbonyl (C=O) groups is 1. The van der Waals surface area contributed by atoms with Gasteiger partial charge in [0.2, 0.25) is 0 Å². The van der Waals surface area contributed by atoms with Crippen molar-refractivity contribution in [1.82, 2.24) is 14.5 Å². The van der Waals surface area contributed by atoms with Crippen LogP contribution in [0, 0.1) is 28.5 Å². The van der Waals surface area contributed by atoms with Crippen LogP contribution in [0.15, 0.2) is 54.6 Å². The van der Waals surface area contributed by atoms with Crippen molar-refractivity contribution >= 4 is 22.8 Å². The molecule has 0 unspecified atom stereocenters. The summed E-state index contributed by atoms with van der Waals surface area (Å²) in [6.45, 7) is 3.35. The van der Waals surface area contributed by atoms with Crippen LogP contribution in [0.25, 0.3) is 11.0 Å². The summed E-state index contributed by atoms with van der Waals surface area (Å²) in [4.78, 5) is 23.7. The molecule has 0 amide bonds. The molecule has 1 saturated carbocycles. The summed E-state index contributed by atoms with van der Waals surface area (Å²) < 4.78 is 27.8. The second kappa shape index (κ2) is 10.4. The van der Waals surface area contributed by atoms with Crippen molar-refractivity contribution in [2.24, 2.45) is 11.3 Å². The van der Waals surface area contributed by atoms with Crippen LogP contribution in [-0.4, -0.2) is 51.4 Å². The van der Waals surface area contributed by atoms with Crippen molar-refractivity contribution in [1.29, 1.82) is 5.26 Å². The normalized spacial score (nSPS) is 22.7. The Morgan fingerprint density at radius 2 is 2.10 bits per heavy atom. The highest BCUT2D eigenvalue weighted by atomic mass is 19.1. The van der Waals surface area contributed by atoms with Gasteiger partial charge in [-0.1, -0.05) is 6.07 Å². The fourth-order valence-corrected chi connectivity index (χ4v) is 6.38. The average Bonchev–Trinajstić information content (AvgIpc) is 3.59. The second-order valence-corrected chi connectivity index (χ2v) is 11.6. The van der Waals surface area contributed by atoms with E-state index in [-0.39, 0.29) is 35.0 Å². The van der Waals surface area contributed by atoms with Crippen LogP contribution in [0.5, 0.6) is 5.75 Å². The Morgan fingerprint density at radius 3 is 2.83 bits per heavy atom. The topological polar surface area (TPSA) is 114 Å². The zero-order valence-corrected chi connectivity index (χ0v) is 23.0. The molecule has 2 aliphatic heterocycles. The molecule has 3 atom stereocenters. The first-order valence-electron chi connectivity index (χ1n) is 14.3. The lowest BCUT2D eigenvalue weighted by atomic mass is 9.91. The summed E-state index contributed by atoms with van der Waals surface area (Å²) in [5, 5.41) is 18.5. The number of pyridine rings is 1. The summed E-state index contributed by atoms with van der Waals surface area (Å²) in [6, 6.07) is 17.0. The number of nitrogens with zero attached hydrogens (tertiary/aromatic N) is 5. The van der Waals surface area contributed by atoms with Gasteiger partial charge in [-0.05, 0) is 79.1 Å². The molecule has 9 nitrogen and oxygen atoms in total. The van der Waals surface area contributed by atoms with Crippen LogP contribution in [0.3, 0.4) is 0 Å². The van der Waals surface area contributed by atoms with E-state index in [4.69, 9.17) is 24.7 Å². The zero-order chi connectivity index (χ0) is 28.8. The van der Waals surface area contributed by atoms with E-state index in [0.29, 0.717) is 18.2 Å². The molecular formula is C32H30FN5O4. The molecule has 2 saturated heterocycles. The number of carboxylic acid groups (broad SMARTS) is 1. The van der Waals surface area contributed by atoms with Crippen LogP contribution in [0.4, 0.5) is 10.2 Å². The number of fused-ring (bicyclic) bond motifs is 2. The van der Waals surface area contributed by atoms with Crippen molar-refractivity contribution in [3.05, 3.63) is 83.1 Å². The van der Waals surface area contributed by atoms with Gasteiger partial charge >= 0.3 is 5.97 Å². The number of imidazole rings is 1. The Labute approximate surface area is 242 Å². The van der Waals surface area contributed by atoms with E-state index in [1.165, 1.54) is 12.1 Å². The summed E-state index contributed by atoms with van der Waals surface area (Å²) in [5.74, 6) is 0.991. The van der Waals surface area contributed by atoms with Crippen molar-refractivity contribution < 1.29 is 23.8 Å². The van der Waals surface area contributed by atoms with Gasteiger partial charge in [-0.15, -0.1) is 0 Å². The maximum absolute atomic E-state index is 14.2. The monoisotopic (exact) mass is 567 g/mol. The minimum absolute atomic E-state index is 0.0935. The third-order valence-corrected chi connectivity index (χ3v) is 9.00. The largest absolute Gasteiger partial charge is 0.484 e. The fraction of sp³-hybridized carbons (Fsp3) is 0.375. The molecule has 2 aromatic carbocycles. The number of ether oxygens (including phenoxy) is 2. The number of benzene rings is 2. The molecule has 42 heavy (non-hydrogen) atoms. The number of aromatic nitrogens is 3. The van der Waals surface area contributed by atoms with Crippen molar-refractivity contribution in [3.8, 4) is 11.8 Å². The minimum Gasteiger partial charge on any atom is -0.484 e. The number of aromatic carboxylic acids is 1. The number of hydrogen-bond donors (Lipinski definition) is 1. The predicted octanol–water partition coefficient (Wildman–Crippen LogP) is 4.97. The molecule has 0 spiro atoms. The first-order valence-corrected chi connectivity index (χ1v) is 14.3. The predicted molar refractivity (Wildman–Crippen MR) is 152 cm³/mol. The molecule has 4 heterocycles. The highest BCUT2D eigenvalue weighted by Crippen LogP contribution is 2.60. The summed E-state index contributed by atoms with van der Waals surface area (Å²) in [7, 11) is 0. The molecular weight excluding hydrogens is 537 g/mol. The SMILES string of the molecule is N#Cc1ccc(OCc2cccc(N3CC[C@@]4(Cc5nc6ccc(C(=O)O)cc6n5C[C@@H]5CCO5)C[C@H]4C3)n2)c(F)c1. The minimum atomic E-state index is -0.940. The summed E-state index contributed by atoms with van der Waals surface area (Å²) in [6.07, 6.45) is 4.13. The number of anilines is 1. The lowest BCUT2D eigenvalue weighted by molar-refractivity contribution is -0.0591. The van der Waals surface area contributed by atoms with Gasteiger partial charge in [0.05, 0.1) is 46.6 Å². The molecule has 214 valence electrons. The summed E-state index contributed by atoms with van der Waals surface area (Å²) >= 11 is 0. The van der Waals surface area contributed by atoms with Gasteiger partial charge in [0.25, 0.3) is 0 Å². The Balaban J connectivity index is 1.04. The Hall–Kier alpha value is -4.49. The van der Waals surface area contributed by atoms with Crippen LogP contribution >= 0.6 is 0 Å². The maximum Gasteiger partial charge on any atom is 0.335 e. The average molecular weight is 568 g/mol. The highest BCUT2D eigenvalue weighted by Gasteiger charge is 2.57. The number of carboxylic acids is 1. The van der Waals surface area contributed by atoms with Gasteiger partial charge in [0, 0.05) is 26.1 Å². The number of piperidine rings is 1. The van der Waals surface area contributed by atoms with Gasteiger partial charge in [0.15, 0.2) is 11.6 Å². The quantitative estimate of drug-likeness (QED) is 0.302. The van der Waals surface area contributed by atoms with E-state index in [0.717, 1.165) is 74.1 Å². The first-order chi connectivity index (χ1) is 20.4. The molecule has 0 bridgehead atoms. The van der Waals surface area contributed by atoms with Gasteiger partial charge in [-0.25, -0.2) is 19.2 Å². The molecule has 1 aliphatic carbocycles. The number of hydrogen-bond acceptors (Lipinski definition) is 7. The maximum atomic E-state index is 14.2. The zero-order valence-electron chi connectivity index (χ0n) is 23.0. The van der Waals surface area contributed by atoms with Gasteiger partial charge in [-0.3, -0.25) is 0 Å². The van der Waals surface area contributed by atoms with Gasteiger partial charge in [-0.2, -0.15) is 5.26 Å². The highest BCUT2D eigenvalue weighted by molar-refractivity contribution is 5.92. The second-order valence-electron chi connectivity index (χ2n) is 11.6. The number of rotatable bonds is 9. The molecule has 1 N–H and O–H groups in total. The van der Waals surface area contributed by atoms with Crippen molar-refractivity contribution in [2.75, 3.05) is 24.6 Å². The van der Waals surface area contributed by atoms with E-state index in [9.17, 15) is 14.3 Å². The third kappa shape index (κ3) is 4.94. The van der Waals surface area contributed by atoms with E-state index < -0.39 is 11.8 Å². The molecule has 3 aliphatic rings. The molecule has 3 fully saturated rings. The van der Waals surface area contributed by atoms with Crippen molar-refractivity contribution in [2.45, 2.75) is 44.9 Å². The molecule has 0 radical (unpaired) electrons. The first kappa shape index (κ1) is 26.4. The van der Waals surface area contributed by atoms with E-state index in [2.05, 4.69) is 9.47 Å².